The van der Waals surface area contributed by atoms with Gasteiger partial charge in [-0.3, -0.25) is 0 Å². The largest absolute Gasteiger partial charge is 0.316 e. The van der Waals surface area contributed by atoms with Gasteiger partial charge in [0.15, 0.2) is 0 Å². The molecule has 0 spiro atoms. The molecule has 1 saturated carbocycles. The van der Waals surface area contributed by atoms with E-state index in [9.17, 15) is 0 Å². The van der Waals surface area contributed by atoms with Crippen molar-refractivity contribution in [3.8, 4) is 0 Å². The van der Waals surface area contributed by atoms with Crippen LogP contribution in [0.25, 0.3) is 0 Å². The fourth-order valence-electron chi connectivity index (χ4n) is 3.75. The van der Waals surface area contributed by atoms with E-state index in [0.717, 1.165) is 17.8 Å². The summed E-state index contributed by atoms with van der Waals surface area (Å²) in [5.74, 6) is 3.09. The highest BCUT2D eigenvalue weighted by Gasteiger charge is 2.30. The maximum atomic E-state index is 3.57. The molecule has 1 nitrogen and oxygen atoms in total. The van der Waals surface area contributed by atoms with E-state index in [1.807, 2.05) is 0 Å². The van der Waals surface area contributed by atoms with Gasteiger partial charge in [0.25, 0.3) is 0 Å². The van der Waals surface area contributed by atoms with Gasteiger partial charge in [-0.05, 0) is 37.3 Å². The normalized spacial score (nSPS) is 35.0. The van der Waals surface area contributed by atoms with Crippen LogP contribution in [-0.4, -0.2) is 13.1 Å². The molecule has 2 rings (SSSR count). The van der Waals surface area contributed by atoms with Crippen LogP contribution >= 0.6 is 0 Å². The van der Waals surface area contributed by atoms with Crippen molar-refractivity contribution in [2.24, 2.45) is 17.8 Å². The van der Waals surface area contributed by atoms with Crippen molar-refractivity contribution >= 4 is 0 Å². The average Bonchev–Trinajstić information content (AvgIpc) is 2.57. The third kappa shape index (κ3) is 2.96. The first-order chi connectivity index (χ1) is 7.42. The van der Waals surface area contributed by atoms with Crippen LogP contribution < -0.4 is 5.32 Å². The molecule has 0 bridgehead atoms. The summed E-state index contributed by atoms with van der Waals surface area (Å²) in [4.78, 5) is 0. The summed E-state index contributed by atoms with van der Waals surface area (Å²) in [6, 6.07) is 0. The first-order valence-corrected chi connectivity index (χ1v) is 7.12. The first-order valence-electron chi connectivity index (χ1n) is 7.12. The van der Waals surface area contributed by atoms with Gasteiger partial charge in [-0.15, -0.1) is 0 Å². The highest BCUT2D eigenvalue weighted by Crippen LogP contribution is 2.37. The second-order valence-corrected chi connectivity index (χ2v) is 5.58. The molecule has 0 aromatic heterocycles. The van der Waals surface area contributed by atoms with Crippen LogP contribution in [0.15, 0.2) is 0 Å². The van der Waals surface area contributed by atoms with Gasteiger partial charge in [0.2, 0.25) is 0 Å². The smallest absolute Gasteiger partial charge is 0.00179 e. The zero-order valence-electron chi connectivity index (χ0n) is 10.3. The van der Waals surface area contributed by atoms with E-state index in [0.29, 0.717) is 0 Å². The fraction of sp³-hybridized carbons (Fsp3) is 1.00. The SMILES string of the molecule is CCC1CNCCC1C1CCCCCC1. The predicted molar refractivity (Wildman–Crippen MR) is 65.9 cm³/mol. The Labute approximate surface area is 95.0 Å². The molecule has 0 aromatic rings. The molecule has 0 radical (unpaired) electrons. The average molecular weight is 209 g/mol. The zero-order valence-corrected chi connectivity index (χ0v) is 10.3. The Morgan fingerprint density at radius 3 is 2.40 bits per heavy atom. The molecule has 0 amide bonds. The number of piperidine rings is 1. The Morgan fingerprint density at radius 1 is 1.00 bits per heavy atom. The standard InChI is InChI=1S/C14H27N/c1-2-12-11-15-10-9-14(12)13-7-5-3-4-6-8-13/h12-15H,2-11H2,1H3. The molecule has 1 heteroatoms. The predicted octanol–water partition coefficient (Wildman–Crippen LogP) is 3.59. The molecule has 1 N–H and O–H groups in total. The van der Waals surface area contributed by atoms with E-state index in [-0.39, 0.29) is 0 Å². The van der Waals surface area contributed by atoms with Crippen LogP contribution in [0.2, 0.25) is 0 Å². The van der Waals surface area contributed by atoms with Crippen LogP contribution in [0.1, 0.15) is 58.3 Å². The Hall–Kier alpha value is -0.0400. The van der Waals surface area contributed by atoms with Crippen molar-refractivity contribution < 1.29 is 0 Å². The van der Waals surface area contributed by atoms with Gasteiger partial charge in [0, 0.05) is 0 Å². The Morgan fingerprint density at radius 2 is 1.73 bits per heavy atom. The lowest BCUT2D eigenvalue weighted by atomic mass is 9.73. The van der Waals surface area contributed by atoms with Crippen molar-refractivity contribution in [1.29, 1.82) is 0 Å². The maximum Gasteiger partial charge on any atom is -0.00179 e. The van der Waals surface area contributed by atoms with Crippen molar-refractivity contribution in [1.82, 2.24) is 5.32 Å². The molecule has 0 aromatic carbocycles. The molecule has 1 saturated heterocycles. The third-order valence-electron chi connectivity index (χ3n) is 4.70. The summed E-state index contributed by atoms with van der Waals surface area (Å²) >= 11 is 0. The zero-order chi connectivity index (χ0) is 10.5. The lowest BCUT2D eigenvalue weighted by molar-refractivity contribution is 0.155. The first kappa shape index (κ1) is 11.4. The van der Waals surface area contributed by atoms with Crippen LogP contribution in [0.3, 0.4) is 0 Å². The topological polar surface area (TPSA) is 12.0 Å². The van der Waals surface area contributed by atoms with Gasteiger partial charge < -0.3 is 5.32 Å². The maximum absolute atomic E-state index is 3.57. The van der Waals surface area contributed by atoms with Gasteiger partial charge in [-0.25, -0.2) is 0 Å². The minimum atomic E-state index is 0.974. The van der Waals surface area contributed by atoms with Crippen molar-refractivity contribution in [2.45, 2.75) is 58.3 Å². The van der Waals surface area contributed by atoms with Gasteiger partial charge in [0.1, 0.15) is 0 Å². The fourth-order valence-corrected chi connectivity index (χ4v) is 3.75. The summed E-state index contributed by atoms with van der Waals surface area (Å²) in [5.41, 5.74) is 0. The number of nitrogens with one attached hydrogen (secondary N) is 1. The summed E-state index contributed by atoms with van der Waals surface area (Å²) in [6.07, 6.45) is 11.9. The molecule has 15 heavy (non-hydrogen) atoms. The molecule has 2 atom stereocenters. The van der Waals surface area contributed by atoms with Crippen LogP contribution in [0, 0.1) is 17.8 Å². The number of hydrogen-bond acceptors (Lipinski definition) is 1. The summed E-state index contributed by atoms with van der Waals surface area (Å²) in [5, 5.41) is 3.57. The number of rotatable bonds is 2. The van der Waals surface area contributed by atoms with Crippen LogP contribution in [-0.2, 0) is 0 Å². The third-order valence-corrected chi connectivity index (χ3v) is 4.70. The molecule has 1 aliphatic heterocycles. The van der Waals surface area contributed by atoms with Crippen LogP contribution in [0.4, 0.5) is 0 Å². The monoisotopic (exact) mass is 209 g/mol. The molecule has 2 unspecified atom stereocenters. The summed E-state index contributed by atoms with van der Waals surface area (Å²) < 4.78 is 0. The van der Waals surface area contributed by atoms with Gasteiger partial charge in [-0.2, -0.15) is 0 Å². The second kappa shape index (κ2) is 5.89. The Kier molecular flexibility index (Phi) is 4.49. The Balaban J connectivity index is 1.92. The molecule has 1 aliphatic carbocycles. The Bertz CT molecular complexity index is 170. The molecular weight excluding hydrogens is 182 g/mol. The highest BCUT2D eigenvalue weighted by atomic mass is 14.9. The van der Waals surface area contributed by atoms with Crippen molar-refractivity contribution in [3.63, 3.8) is 0 Å². The second-order valence-electron chi connectivity index (χ2n) is 5.58. The molecular formula is C14H27N. The lowest BCUT2D eigenvalue weighted by Crippen LogP contribution is -2.39. The van der Waals surface area contributed by atoms with E-state index in [1.54, 1.807) is 0 Å². The van der Waals surface area contributed by atoms with Crippen molar-refractivity contribution in [2.75, 3.05) is 13.1 Å². The van der Waals surface area contributed by atoms with Crippen LogP contribution in [0.5, 0.6) is 0 Å². The highest BCUT2D eigenvalue weighted by molar-refractivity contribution is 4.83. The van der Waals surface area contributed by atoms with E-state index < -0.39 is 0 Å². The molecule has 2 aliphatic rings. The quantitative estimate of drug-likeness (QED) is 0.685. The van der Waals surface area contributed by atoms with Crippen molar-refractivity contribution in [3.05, 3.63) is 0 Å². The minimum Gasteiger partial charge on any atom is -0.316 e. The molecule has 88 valence electrons. The summed E-state index contributed by atoms with van der Waals surface area (Å²) in [7, 11) is 0. The molecule has 1 heterocycles. The van der Waals surface area contributed by atoms with E-state index in [2.05, 4.69) is 12.2 Å². The summed E-state index contributed by atoms with van der Waals surface area (Å²) in [6.45, 7) is 4.94. The number of hydrogen-bond donors (Lipinski definition) is 1. The minimum absolute atomic E-state index is 0.974. The lowest BCUT2D eigenvalue weighted by Gasteiger charge is -2.37. The van der Waals surface area contributed by atoms with Gasteiger partial charge >= 0.3 is 0 Å². The van der Waals surface area contributed by atoms with E-state index in [1.165, 1.54) is 64.5 Å². The van der Waals surface area contributed by atoms with E-state index in [4.69, 9.17) is 0 Å². The molecule has 2 fully saturated rings. The van der Waals surface area contributed by atoms with E-state index >= 15 is 0 Å². The van der Waals surface area contributed by atoms with Gasteiger partial charge in [-0.1, -0.05) is 51.9 Å². The van der Waals surface area contributed by atoms with Gasteiger partial charge in [0.05, 0.1) is 0 Å².